The molecule has 0 bridgehead atoms. The Morgan fingerprint density at radius 1 is 1.57 bits per heavy atom. The molecule has 2 aromatic heterocycles. The predicted octanol–water partition coefficient (Wildman–Crippen LogP) is 1.91. The maximum absolute atomic E-state index is 5.54. The van der Waals surface area contributed by atoms with Crippen LogP contribution in [0.1, 0.15) is 11.5 Å². The van der Waals surface area contributed by atoms with Gasteiger partial charge >= 0.3 is 0 Å². The highest BCUT2D eigenvalue weighted by Crippen LogP contribution is 2.18. The van der Waals surface area contributed by atoms with Crippen molar-refractivity contribution in [3.8, 4) is 0 Å². The number of halogens is 1. The summed E-state index contributed by atoms with van der Waals surface area (Å²) in [6.07, 6.45) is 2.84. The number of pyridine rings is 1. The first kappa shape index (κ1) is 9.68. The van der Waals surface area contributed by atoms with Crippen LogP contribution in [-0.4, -0.2) is 15.9 Å². The summed E-state index contributed by atoms with van der Waals surface area (Å²) in [5.74, 6) is 1.01. The van der Waals surface area contributed by atoms with Crippen LogP contribution in [0.15, 0.2) is 22.8 Å². The Morgan fingerprint density at radius 3 is 3.07 bits per heavy atom. The minimum atomic E-state index is 0.638. The van der Waals surface area contributed by atoms with Crippen LogP contribution in [0.25, 0.3) is 5.52 Å². The van der Waals surface area contributed by atoms with Crippen molar-refractivity contribution in [2.45, 2.75) is 13.3 Å². The van der Waals surface area contributed by atoms with Gasteiger partial charge in [0.1, 0.15) is 5.82 Å². The summed E-state index contributed by atoms with van der Waals surface area (Å²) in [6, 6.07) is 4.08. The van der Waals surface area contributed by atoms with Crippen molar-refractivity contribution < 1.29 is 0 Å². The first-order chi connectivity index (χ1) is 6.72. The van der Waals surface area contributed by atoms with Gasteiger partial charge in [0.25, 0.3) is 0 Å². The van der Waals surface area contributed by atoms with Gasteiger partial charge in [0.15, 0.2) is 0 Å². The molecule has 2 heterocycles. The van der Waals surface area contributed by atoms with Crippen molar-refractivity contribution in [3.05, 3.63) is 34.3 Å². The maximum Gasteiger partial charge on any atom is 0.110 e. The van der Waals surface area contributed by atoms with Gasteiger partial charge in [0.05, 0.1) is 11.2 Å². The zero-order valence-electron chi connectivity index (χ0n) is 8.00. The first-order valence-electron chi connectivity index (χ1n) is 4.55. The third-order valence-electron chi connectivity index (χ3n) is 2.24. The monoisotopic (exact) mass is 253 g/mol. The number of nitrogens with zero attached hydrogens (tertiary/aromatic N) is 2. The summed E-state index contributed by atoms with van der Waals surface area (Å²) in [5, 5.41) is 0. The number of aryl methyl sites for hydroxylation is 1. The minimum Gasteiger partial charge on any atom is -0.330 e. The summed E-state index contributed by atoms with van der Waals surface area (Å²) < 4.78 is 3.15. The van der Waals surface area contributed by atoms with Crippen LogP contribution >= 0.6 is 15.9 Å². The number of aromatic nitrogens is 2. The molecule has 2 N–H and O–H groups in total. The Labute approximate surface area is 91.1 Å². The number of hydrogen-bond donors (Lipinski definition) is 1. The third kappa shape index (κ3) is 1.55. The van der Waals surface area contributed by atoms with Crippen LogP contribution in [0.3, 0.4) is 0 Å². The van der Waals surface area contributed by atoms with E-state index in [4.69, 9.17) is 5.73 Å². The molecule has 14 heavy (non-hydrogen) atoms. The quantitative estimate of drug-likeness (QED) is 0.889. The van der Waals surface area contributed by atoms with E-state index in [9.17, 15) is 0 Å². The van der Waals surface area contributed by atoms with Crippen molar-refractivity contribution in [1.29, 1.82) is 0 Å². The van der Waals surface area contributed by atoms with Gasteiger partial charge < -0.3 is 10.1 Å². The van der Waals surface area contributed by atoms with E-state index in [1.54, 1.807) is 0 Å². The Morgan fingerprint density at radius 2 is 2.36 bits per heavy atom. The molecule has 2 aromatic rings. The molecule has 0 atom stereocenters. The number of imidazole rings is 1. The fourth-order valence-corrected chi connectivity index (χ4v) is 1.94. The maximum atomic E-state index is 5.54. The molecule has 0 aromatic carbocycles. The molecule has 0 saturated heterocycles. The Kier molecular flexibility index (Phi) is 2.56. The topological polar surface area (TPSA) is 43.3 Å². The van der Waals surface area contributed by atoms with E-state index in [0.29, 0.717) is 6.54 Å². The summed E-state index contributed by atoms with van der Waals surface area (Å²) in [4.78, 5) is 4.48. The molecule has 0 spiro atoms. The largest absolute Gasteiger partial charge is 0.330 e. The van der Waals surface area contributed by atoms with Crippen LogP contribution in [0.2, 0.25) is 0 Å². The van der Waals surface area contributed by atoms with Gasteiger partial charge in [-0.1, -0.05) is 15.9 Å². The van der Waals surface area contributed by atoms with E-state index >= 15 is 0 Å². The van der Waals surface area contributed by atoms with Crippen molar-refractivity contribution >= 4 is 21.4 Å². The molecule has 0 radical (unpaired) electrons. The standard InChI is InChI=1S/C10H12BrN3/c1-7-13-9(2-4-12)10-6-8(11)3-5-14(7)10/h3,5-6H,2,4,12H2,1H3. The van der Waals surface area contributed by atoms with Gasteiger partial charge in [-0.05, 0) is 25.6 Å². The Bertz CT molecular complexity index is 462. The second kappa shape index (κ2) is 3.71. The fraction of sp³-hybridized carbons (Fsp3) is 0.300. The molecule has 0 aliphatic heterocycles. The molecule has 2 rings (SSSR count). The van der Waals surface area contributed by atoms with Gasteiger partial charge in [-0.3, -0.25) is 0 Å². The fourth-order valence-electron chi connectivity index (χ4n) is 1.61. The Hall–Kier alpha value is -0.870. The van der Waals surface area contributed by atoms with E-state index in [0.717, 1.165) is 27.9 Å². The highest BCUT2D eigenvalue weighted by atomic mass is 79.9. The van der Waals surface area contributed by atoms with Crippen molar-refractivity contribution in [2.75, 3.05) is 6.54 Å². The molecule has 0 unspecified atom stereocenters. The molecule has 74 valence electrons. The Balaban J connectivity index is 2.66. The highest BCUT2D eigenvalue weighted by molar-refractivity contribution is 9.10. The molecule has 4 heteroatoms. The molecular formula is C10H12BrN3. The lowest BCUT2D eigenvalue weighted by Gasteiger charge is -1.97. The highest BCUT2D eigenvalue weighted by Gasteiger charge is 2.06. The summed E-state index contributed by atoms with van der Waals surface area (Å²) in [6.45, 7) is 2.64. The summed E-state index contributed by atoms with van der Waals surface area (Å²) >= 11 is 3.45. The van der Waals surface area contributed by atoms with Crippen LogP contribution in [-0.2, 0) is 6.42 Å². The molecule has 0 saturated carbocycles. The van der Waals surface area contributed by atoms with Crippen LogP contribution < -0.4 is 5.73 Å². The average molecular weight is 254 g/mol. The minimum absolute atomic E-state index is 0.638. The van der Waals surface area contributed by atoms with E-state index in [2.05, 4.69) is 31.4 Å². The van der Waals surface area contributed by atoms with Gasteiger partial charge in [0.2, 0.25) is 0 Å². The second-order valence-electron chi connectivity index (χ2n) is 3.24. The second-order valence-corrected chi connectivity index (χ2v) is 4.16. The average Bonchev–Trinajstić information content (AvgIpc) is 2.44. The SMILES string of the molecule is Cc1nc(CCN)c2cc(Br)ccn12. The van der Waals surface area contributed by atoms with E-state index in [1.807, 2.05) is 19.2 Å². The lowest BCUT2D eigenvalue weighted by atomic mass is 10.2. The van der Waals surface area contributed by atoms with Crippen molar-refractivity contribution in [3.63, 3.8) is 0 Å². The number of nitrogens with two attached hydrogens (primary N) is 1. The normalized spacial score (nSPS) is 11.1. The van der Waals surface area contributed by atoms with E-state index < -0.39 is 0 Å². The van der Waals surface area contributed by atoms with Gasteiger partial charge in [-0.25, -0.2) is 4.98 Å². The van der Waals surface area contributed by atoms with E-state index in [1.165, 1.54) is 0 Å². The van der Waals surface area contributed by atoms with Gasteiger partial charge in [-0.15, -0.1) is 0 Å². The zero-order chi connectivity index (χ0) is 10.1. The molecule has 0 aliphatic carbocycles. The van der Waals surface area contributed by atoms with Crippen molar-refractivity contribution in [1.82, 2.24) is 9.38 Å². The molecule has 3 nitrogen and oxygen atoms in total. The third-order valence-corrected chi connectivity index (χ3v) is 2.73. The van der Waals surface area contributed by atoms with Crippen LogP contribution in [0.4, 0.5) is 0 Å². The smallest absolute Gasteiger partial charge is 0.110 e. The molecule has 0 amide bonds. The molecule has 0 fully saturated rings. The first-order valence-corrected chi connectivity index (χ1v) is 5.35. The number of rotatable bonds is 2. The lowest BCUT2D eigenvalue weighted by Crippen LogP contribution is -2.03. The van der Waals surface area contributed by atoms with Crippen LogP contribution in [0.5, 0.6) is 0 Å². The summed E-state index contributed by atoms with van der Waals surface area (Å²) in [5.41, 5.74) is 7.75. The van der Waals surface area contributed by atoms with Crippen LogP contribution in [0, 0.1) is 6.92 Å². The zero-order valence-corrected chi connectivity index (χ0v) is 9.58. The van der Waals surface area contributed by atoms with Crippen molar-refractivity contribution in [2.24, 2.45) is 5.73 Å². The molecule has 0 aliphatic rings. The number of fused-ring (bicyclic) bond motifs is 1. The molecular weight excluding hydrogens is 242 g/mol. The van der Waals surface area contributed by atoms with E-state index in [-0.39, 0.29) is 0 Å². The predicted molar refractivity (Wildman–Crippen MR) is 60.4 cm³/mol. The van der Waals surface area contributed by atoms with Gasteiger partial charge in [0, 0.05) is 17.1 Å². The summed E-state index contributed by atoms with van der Waals surface area (Å²) in [7, 11) is 0. The number of hydrogen-bond acceptors (Lipinski definition) is 2. The van der Waals surface area contributed by atoms with Gasteiger partial charge in [-0.2, -0.15) is 0 Å². The lowest BCUT2D eigenvalue weighted by molar-refractivity contribution is 0.933.